The molecule has 0 unspecified atom stereocenters. The number of anilines is 1. The topological polar surface area (TPSA) is 68.0 Å². The van der Waals surface area contributed by atoms with Gasteiger partial charge in [0.1, 0.15) is 0 Å². The Morgan fingerprint density at radius 1 is 1.24 bits per heavy atom. The van der Waals surface area contributed by atoms with Crippen molar-refractivity contribution < 1.29 is 9.32 Å². The van der Waals surface area contributed by atoms with Gasteiger partial charge in [0.05, 0.1) is 11.3 Å². The van der Waals surface area contributed by atoms with E-state index in [1.165, 1.54) is 11.8 Å². The fourth-order valence-corrected chi connectivity index (χ4v) is 3.26. The molecule has 0 atom stereocenters. The average Bonchev–Trinajstić information content (AvgIpc) is 3.02. The highest BCUT2D eigenvalue weighted by Crippen LogP contribution is 2.27. The van der Waals surface area contributed by atoms with E-state index in [1.54, 1.807) is 19.1 Å². The number of halogens is 1. The van der Waals surface area contributed by atoms with Crippen molar-refractivity contribution in [2.75, 3.05) is 5.32 Å². The van der Waals surface area contributed by atoms with Crippen molar-refractivity contribution in [1.29, 1.82) is 0 Å². The van der Waals surface area contributed by atoms with E-state index >= 15 is 0 Å². The summed E-state index contributed by atoms with van der Waals surface area (Å²) in [4.78, 5) is 17.6. The van der Waals surface area contributed by atoms with Gasteiger partial charge in [-0.3, -0.25) is 4.79 Å². The van der Waals surface area contributed by atoms with Crippen molar-refractivity contribution in [3.05, 3.63) is 70.3 Å². The average molecular weight is 374 g/mol. The lowest BCUT2D eigenvalue weighted by molar-refractivity contribution is 0.102. The highest BCUT2D eigenvalue weighted by molar-refractivity contribution is 7.98. The number of amides is 1. The normalized spacial score (nSPS) is 10.7. The van der Waals surface area contributed by atoms with Crippen molar-refractivity contribution in [2.24, 2.45) is 0 Å². The Bertz CT molecular complexity index is 911. The van der Waals surface area contributed by atoms with Crippen LogP contribution >= 0.6 is 23.4 Å². The van der Waals surface area contributed by atoms with Gasteiger partial charge in [-0.1, -0.05) is 35.0 Å². The Morgan fingerprint density at radius 3 is 2.76 bits per heavy atom. The molecule has 1 amide bonds. The number of thioether (sulfide) groups is 1. The second-order valence-electron chi connectivity index (χ2n) is 5.43. The zero-order valence-electron chi connectivity index (χ0n) is 13.7. The third-order valence-electron chi connectivity index (χ3n) is 3.49. The van der Waals surface area contributed by atoms with Gasteiger partial charge in [0.25, 0.3) is 5.91 Å². The zero-order chi connectivity index (χ0) is 17.8. The minimum atomic E-state index is -0.188. The standard InChI is InChI=1S/C18H16ClN3O2S/c1-11-7-8-13(9-15(11)19)21-18(23)14-5-3-4-6-16(14)25-10-17-20-12(2)24-22-17/h3-9H,10H2,1-2H3,(H,21,23). The van der Waals surface area contributed by atoms with Crippen molar-refractivity contribution in [3.8, 4) is 0 Å². The Kier molecular flexibility index (Phi) is 5.40. The van der Waals surface area contributed by atoms with Crippen LogP contribution in [0.2, 0.25) is 5.02 Å². The predicted octanol–water partition coefficient (Wildman–Crippen LogP) is 4.88. The van der Waals surface area contributed by atoms with Gasteiger partial charge < -0.3 is 9.84 Å². The molecule has 0 spiro atoms. The van der Waals surface area contributed by atoms with Crippen molar-refractivity contribution in [2.45, 2.75) is 24.5 Å². The van der Waals surface area contributed by atoms with E-state index < -0.39 is 0 Å². The maximum atomic E-state index is 12.6. The van der Waals surface area contributed by atoms with Crippen molar-refractivity contribution >= 4 is 35.0 Å². The number of carbonyl (C=O) groups excluding carboxylic acids is 1. The summed E-state index contributed by atoms with van der Waals surface area (Å²) in [6.45, 7) is 3.66. The molecular weight excluding hydrogens is 358 g/mol. The second-order valence-corrected chi connectivity index (χ2v) is 6.86. The van der Waals surface area contributed by atoms with Gasteiger partial charge in [-0.15, -0.1) is 11.8 Å². The number of carbonyl (C=O) groups is 1. The number of aryl methyl sites for hydroxylation is 2. The summed E-state index contributed by atoms with van der Waals surface area (Å²) in [6, 6.07) is 12.9. The number of hydrogen-bond donors (Lipinski definition) is 1. The van der Waals surface area contributed by atoms with Crippen LogP contribution in [0.5, 0.6) is 0 Å². The molecule has 128 valence electrons. The lowest BCUT2D eigenvalue weighted by Crippen LogP contribution is -2.13. The number of nitrogens with one attached hydrogen (secondary N) is 1. The molecule has 3 rings (SSSR count). The molecule has 0 radical (unpaired) electrons. The first-order valence-corrected chi connectivity index (χ1v) is 8.98. The molecule has 0 saturated heterocycles. The molecule has 1 heterocycles. The third-order valence-corrected chi connectivity index (χ3v) is 4.96. The lowest BCUT2D eigenvalue weighted by atomic mass is 10.2. The van der Waals surface area contributed by atoms with Gasteiger partial charge in [0, 0.05) is 22.5 Å². The van der Waals surface area contributed by atoms with E-state index in [1.807, 2.05) is 37.3 Å². The van der Waals surface area contributed by atoms with Crippen LogP contribution in [0.1, 0.15) is 27.6 Å². The first-order chi connectivity index (χ1) is 12.0. The smallest absolute Gasteiger partial charge is 0.256 e. The van der Waals surface area contributed by atoms with E-state index in [0.717, 1.165) is 10.5 Å². The van der Waals surface area contributed by atoms with Crippen molar-refractivity contribution in [3.63, 3.8) is 0 Å². The van der Waals surface area contributed by atoms with E-state index in [4.69, 9.17) is 16.1 Å². The van der Waals surface area contributed by atoms with Gasteiger partial charge in [-0.2, -0.15) is 4.98 Å². The molecule has 3 aromatic rings. The Morgan fingerprint density at radius 2 is 2.04 bits per heavy atom. The van der Waals surface area contributed by atoms with Gasteiger partial charge in [-0.05, 0) is 36.8 Å². The molecule has 1 aromatic heterocycles. The van der Waals surface area contributed by atoms with Crippen LogP contribution in [0.25, 0.3) is 0 Å². The largest absolute Gasteiger partial charge is 0.340 e. The van der Waals surface area contributed by atoms with Crippen molar-refractivity contribution in [1.82, 2.24) is 10.1 Å². The minimum absolute atomic E-state index is 0.188. The minimum Gasteiger partial charge on any atom is -0.340 e. The monoisotopic (exact) mass is 373 g/mol. The molecule has 2 aromatic carbocycles. The summed E-state index contributed by atoms with van der Waals surface area (Å²) in [5, 5.41) is 7.37. The van der Waals surface area contributed by atoms with Crippen LogP contribution in [0.3, 0.4) is 0 Å². The number of hydrogen-bond acceptors (Lipinski definition) is 5. The molecule has 0 bridgehead atoms. The molecule has 5 nitrogen and oxygen atoms in total. The van der Waals surface area contributed by atoms with Crippen LogP contribution in [0.4, 0.5) is 5.69 Å². The summed E-state index contributed by atoms with van der Waals surface area (Å²) < 4.78 is 4.96. The predicted molar refractivity (Wildman–Crippen MR) is 99.2 cm³/mol. The third kappa shape index (κ3) is 4.41. The maximum absolute atomic E-state index is 12.6. The van der Waals surface area contributed by atoms with Crippen LogP contribution in [-0.4, -0.2) is 16.0 Å². The number of nitrogens with zero attached hydrogens (tertiary/aromatic N) is 2. The SMILES string of the molecule is Cc1nc(CSc2ccccc2C(=O)Nc2ccc(C)c(Cl)c2)no1. The Labute approximate surface area is 154 Å². The summed E-state index contributed by atoms with van der Waals surface area (Å²) >= 11 is 7.60. The maximum Gasteiger partial charge on any atom is 0.256 e. The molecule has 1 N–H and O–H groups in total. The molecule has 0 aliphatic carbocycles. The highest BCUT2D eigenvalue weighted by atomic mass is 35.5. The quantitative estimate of drug-likeness (QED) is 0.645. The van der Waals surface area contributed by atoms with Crippen LogP contribution in [-0.2, 0) is 5.75 Å². The molecule has 7 heteroatoms. The van der Waals surface area contributed by atoms with Crippen LogP contribution < -0.4 is 5.32 Å². The summed E-state index contributed by atoms with van der Waals surface area (Å²) in [6.07, 6.45) is 0. The summed E-state index contributed by atoms with van der Waals surface area (Å²) in [5.74, 6) is 1.46. The molecule has 0 fully saturated rings. The van der Waals surface area contributed by atoms with Gasteiger partial charge in [0.2, 0.25) is 5.89 Å². The van der Waals surface area contributed by atoms with Gasteiger partial charge >= 0.3 is 0 Å². The van der Waals surface area contributed by atoms with Gasteiger partial charge in [0.15, 0.2) is 5.82 Å². The summed E-state index contributed by atoms with van der Waals surface area (Å²) in [5.41, 5.74) is 2.21. The Hall–Kier alpha value is -2.31. The van der Waals surface area contributed by atoms with E-state index in [-0.39, 0.29) is 5.91 Å². The fraction of sp³-hybridized carbons (Fsp3) is 0.167. The Balaban J connectivity index is 1.74. The van der Waals surface area contributed by atoms with E-state index in [9.17, 15) is 4.79 Å². The number of benzene rings is 2. The molecular formula is C18H16ClN3O2S. The van der Waals surface area contributed by atoms with Gasteiger partial charge in [-0.25, -0.2) is 0 Å². The number of rotatable bonds is 5. The molecule has 0 aliphatic rings. The van der Waals surface area contributed by atoms with E-state index in [2.05, 4.69) is 15.5 Å². The zero-order valence-corrected chi connectivity index (χ0v) is 15.3. The first-order valence-electron chi connectivity index (χ1n) is 7.61. The summed E-state index contributed by atoms with van der Waals surface area (Å²) in [7, 11) is 0. The van der Waals surface area contributed by atoms with E-state index in [0.29, 0.717) is 33.7 Å². The molecule has 0 aliphatic heterocycles. The second kappa shape index (κ2) is 7.72. The highest BCUT2D eigenvalue weighted by Gasteiger charge is 2.13. The van der Waals surface area contributed by atoms with Crippen LogP contribution in [0, 0.1) is 13.8 Å². The first kappa shape index (κ1) is 17.5. The number of aromatic nitrogens is 2. The van der Waals surface area contributed by atoms with Crippen LogP contribution in [0.15, 0.2) is 51.9 Å². The fourth-order valence-electron chi connectivity index (χ4n) is 2.19. The lowest BCUT2D eigenvalue weighted by Gasteiger charge is -2.10. The molecule has 0 saturated carbocycles. The molecule has 25 heavy (non-hydrogen) atoms.